The van der Waals surface area contributed by atoms with Crippen LogP contribution in [-0.4, -0.2) is 65.2 Å². The number of anilines is 1. The second kappa shape index (κ2) is 9.00. The van der Waals surface area contributed by atoms with E-state index in [0.717, 1.165) is 39.3 Å². The van der Waals surface area contributed by atoms with E-state index in [1.54, 1.807) is 4.90 Å². The molecule has 0 aliphatic carbocycles. The molecule has 0 saturated carbocycles. The van der Waals surface area contributed by atoms with E-state index in [2.05, 4.69) is 30.9 Å². The highest BCUT2D eigenvalue weighted by atomic mass is 32.1. The number of nitrogens with zero attached hydrogens (tertiary/aromatic N) is 4. The predicted octanol–water partition coefficient (Wildman–Crippen LogP) is 2.74. The molecule has 1 aromatic heterocycles. The van der Waals surface area contributed by atoms with Gasteiger partial charge in [-0.1, -0.05) is 31.3 Å². The topological polar surface area (TPSA) is 73.8 Å². The Morgan fingerprint density at radius 3 is 2.38 bits per heavy atom. The van der Waals surface area contributed by atoms with Gasteiger partial charge in [-0.05, 0) is 44.1 Å². The summed E-state index contributed by atoms with van der Waals surface area (Å²) in [7, 11) is 0. The van der Waals surface area contributed by atoms with Crippen LogP contribution in [0.3, 0.4) is 0 Å². The number of hydrogen-bond donors (Lipinski definition) is 0. The Morgan fingerprint density at radius 2 is 1.76 bits per heavy atom. The summed E-state index contributed by atoms with van der Waals surface area (Å²) in [5, 5.41) is 0.616. The van der Waals surface area contributed by atoms with Gasteiger partial charge >= 0.3 is 0 Å². The van der Waals surface area contributed by atoms with Crippen molar-refractivity contribution in [1.82, 2.24) is 14.8 Å². The van der Waals surface area contributed by atoms with Crippen LogP contribution in [0.15, 0.2) is 12.1 Å². The summed E-state index contributed by atoms with van der Waals surface area (Å²) in [6.45, 7) is 11.0. The van der Waals surface area contributed by atoms with E-state index in [4.69, 9.17) is 4.98 Å². The van der Waals surface area contributed by atoms with Crippen LogP contribution in [0.25, 0.3) is 10.2 Å². The molecule has 0 spiro atoms. The van der Waals surface area contributed by atoms with Crippen molar-refractivity contribution in [2.75, 3.05) is 37.6 Å². The van der Waals surface area contributed by atoms with Gasteiger partial charge in [-0.2, -0.15) is 0 Å². The van der Waals surface area contributed by atoms with Gasteiger partial charge in [-0.3, -0.25) is 24.2 Å². The molecule has 8 heteroatoms. The molecule has 1 aliphatic rings. The van der Waals surface area contributed by atoms with Gasteiger partial charge in [0.2, 0.25) is 17.7 Å². The summed E-state index contributed by atoms with van der Waals surface area (Å²) >= 11 is 1.48. The van der Waals surface area contributed by atoms with Crippen LogP contribution in [0.5, 0.6) is 0 Å². The molecular formula is C21H28N4O3S. The normalized spacial score (nSPS) is 14.4. The number of aromatic nitrogens is 1. The van der Waals surface area contributed by atoms with Crippen molar-refractivity contribution < 1.29 is 14.4 Å². The highest BCUT2D eigenvalue weighted by molar-refractivity contribution is 7.22. The number of rotatable bonds is 8. The number of likely N-dealkylation sites (N-methyl/N-ethyl adjacent to an activating group) is 1. The van der Waals surface area contributed by atoms with E-state index in [-0.39, 0.29) is 37.1 Å². The molecule has 1 aromatic carbocycles. The number of fused-ring (bicyclic) bond motifs is 1. The Labute approximate surface area is 175 Å². The maximum Gasteiger partial charge on any atom is 0.248 e. The molecule has 2 heterocycles. The molecule has 0 N–H and O–H groups in total. The van der Waals surface area contributed by atoms with Crippen LogP contribution >= 0.6 is 11.3 Å². The number of imide groups is 1. The van der Waals surface area contributed by atoms with E-state index in [1.807, 2.05) is 13.8 Å². The number of benzene rings is 1. The number of carbonyl (C=O) groups is 3. The van der Waals surface area contributed by atoms with Crippen molar-refractivity contribution in [3.05, 3.63) is 23.3 Å². The Morgan fingerprint density at radius 1 is 1.10 bits per heavy atom. The van der Waals surface area contributed by atoms with Gasteiger partial charge in [0.15, 0.2) is 5.13 Å². The molecule has 3 rings (SSSR count). The zero-order valence-electron chi connectivity index (χ0n) is 17.5. The molecule has 156 valence electrons. The Bertz CT molecular complexity index is 919. The second-order valence-corrected chi connectivity index (χ2v) is 8.38. The van der Waals surface area contributed by atoms with Gasteiger partial charge in [-0.25, -0.2) is 4.98 Å². The number of carbonyl (C=O) groups excluding carboxylic acids is 3. The van der Waals surface area contributed by atoms with Crippen molar-refractivity contribution in [1.29, 1.82) is 0 Å². The first-order valence-corrected chi connectivity index (χ1v) is 10.9. The van der Waals surface area contributed by atoms with Crippen molar-refractivity contribution in [3.63, 3.8) is 0 Å². The van der Waals surface area contributed by atoms with Crippen molar-refractivity contribution in [3.8, 4) is 0 Å². The van der Waals surface area contributed by atoms with E-state index in [1.165, 1.54) is 11.3 Å². The lowest BCUT2D eigenvalue weighted by Crippen LogP contribution is -2.45. The first-order chi connectivity index (χ1) is 13.8. The zero-order valence-corrected chi connectivity index (χ0v) is 18.3. The molecule has 1 saturated heterocycles. The molecule has 29 heavy (non-hydrogen) atoms. The molecular weight excluding hydrogens is 388 g/mol. The third-order valence-corrected chi connectivity index (χ3v) is 6.36. The Balaban J connectivity index is 1.90. The van der Waals surface area contributed by atoms with Crippen LogP contribution in [0.4, 0.5) is 5.13 Å². The summed E-state index contributed by atoms with van der Waals surface area (Å²) in [6.07, 6.45) is 0.371. The number of hydrogen-bond acceptors (Lipinski definition) is 6. The van der Waals surface area contributed by atoms with Gasteiger partial charge in [-0.15, -0.1) is 0 Å². The van der Waals surface area contributed by atoms with Gasteiger partial charge in [0, 0.05) is 25.9 Å². The summed E-state index contributed by atoms with van der Waals surface area (Å²) < 4.78 is 1.03. The fourth-order valence-electron chi connectivity index (χ4n) is 3.60. The first-order valence-electron chi connectivity index (χ1n) is 10.1. The van der Waals surface area contributed by atoms with Crippen molar-refractivity contribution in [2.45, 2.75) is 40.5 Å². The monoisotopic (exact) mass is 416 g/mol. The highest BCUT2D eigenvalue weighted by Crippen LogP contribution is 2.32. The smallest absolute Gasteiger partial charge is 0.248 e. The second-order valence-electron chi connectivity index (χ2n) is 7.37. The SMILES string of the molecule is CCN(CC)CCN(C(=O)CN1C(=O)CCC1=O)c1nc2c(C)cc(C)cc2s1. The average molecular weight is 417 g/mol. The quantitative estimate of drug-likeness (QED) is 0.619. The summed E-state index contributed by atoms with van der Waals surface area (Å²) in [4.78, 5) is 46.8. The van der Waals surface area contributed by atoms with E-state index >= 15 is 0 Å². The molecule has 0 atom stereocenters. The minimum absolute atomic E-state index is 0.186. The lowest BCUT2D eigenvalue weighted by Gasteiger charge is -2.26. The summed E-state index contributed by atoms with van der Waals surface area (Å²) in [6, 6.07) is 4.15. The molecule has 0 unspecified atom stereocenters. The third-order valence-electron chi connectivity index (χ3n) is 5.33. The number of likely N-dealkylation sites (tertiary alicyclic amines) is 1. The lowest BCUT2D eigenvalue weighted by molar-refractivity contribution is -0.141. The van der Waals surface area contributed by atoms with Crippen LogP contribution in [-0.2, 0) is 14.4 Å². The molecule has 7 nitrogen and oxygen atoms in total. The average Bonchev–Trinajstić information content (AvgIpc) is 3.23. The summed E-state index contributed by atoms with van der Waals surface area (Å²) in [5.74, 6) is -0.820. The number of amides is 3. The lowest BCUT2D eigenvalue weighted by atomic mass is 10.1. The van der Waals surface area contributed by atoms with Crippen LogP contribution in [0.1, 0.15) is 37.8 Å². The Hall–Kier alpha value is -2.32. The maximum atomic E-state index is 13.1. The number of aryl methyl sites for hydroxylation is 2. The maximum absolute atomic E-state index is 13.1. The van der Waals surface area contributed by atoms with Gasteiger partial charge in [0.05, 0.1) is 10.2 Å². The predicted molar refractivity (Wildman–Crippen MR) is 115 cm³/mol. The molecule has 1 fully saturated rings. The first kappa shape index (κ1) is 21.4. The van der Waals surface area contributed by atoms with Crippen LogP contribution in [0, 0.1) is 13.8 Å². The van der Waals surface area contributed by atoms with Crippen LogP contribution < -0.4 is 4.90 Å². The fourth-order valence-corrected chi connectivity index (χ4v) is 4.79. The molecule has 0 radical (unpaired) electrons. The molecule has 3 amide bonds. The molecule has 2 aromatic rings. The summed E-state index contributed by atoms with van der Waals surface area (Å²) in [5.41, 5.74) is 3.12. The van der Waals surface area contributed by atoms with Gasteiger partial charge in [0.1, 0.15) is 6.54 Å². The van der Waals surface area contributed by atoms with Crippen LogP contribution in [0.2, 0.25) is 0 Å². The third kappa shape index (κ3) is 4.64. The highest BCUT2D eigenvalue weighted by Gasteiger charge is 2.32. The largest absolute Gasteiger partial charge is 0.302 e. The van der Waals surface area contributed by atoms with Gasteiger partial charge in [0.25, 0.3) is 0 Å². The number of thiazole rings is 1. The zero-order chi connectivity index (χ0) is 21.1. The van der Waals surface area contributed by atoms with E-state index in [9.17, 15) is 14.4 Å². The minimum atomic E-state index is -0.275. The molecule has 1 aliphatic heterocycles. The van der Waals surface area contributed by atoms with E-state index in [0.29, 0.717) is 18.2 Å². The molecule has 0 bridgehead atoms. The van der Waals surface area contributed by atoms with E-state index < -0.39 is 0 Å². The van der Waals surface area contributed by atoms with Crippen molar-refractivity contribution in [2.24, 2.45) is 0 Å². The fraction of sp³-hybridized carbons (Fsp3) is 0.524. The van der Waals surface area contributed by atoms with Gasteiger partial charge < -0.3 is 4.90 Å². The minimum Gasteiger partial charge on any atom is -0.302 e. The Kier molecular flexibility index (Phi) is 6.64. The van der Waals surface area contributed by atoms with Crippen molar-refractivity contribution >= 4 is 44.4 Å². The standard InChI is InChI=1S/C21H28N4O3S/c1-5-23(6-2)9-10-24(19(28)13-25-17(26)7-8-18(25)27)21-22-20-15(4)11-14(3)12-16(20)29-21/h11-12H,5-10,13H2,1-4H3.